The van der Waals surface area contributed by atoms with E-state index in [1.165, 1.54) is 38.5 Å². The van der Waals surface area contributed by atoms with E-state index < -0.39 is 0 Å². The first-order valence-electron chi connectivity index (χ1n) is 7.63. The molecule has 0 radical (unpaired) electrons. The Hall–Kier alpha value is -1.10. The van der Waals surface area contributed by atoms with Gasteiger partial charge in [-0.1, -0.05) is 25.7 Å². The smallest absolute Gasteiger partial charge is 0.266 e. The Morgan fingerprint density at radius 3 is 2.37 bits per heavy atom. The number of hydrogen-bond donors (Lipinski definition) is 1. The first-order valence-corrected chi connectivity index (χ1v) is 7.63. The molecule has 2 aliphatic rings. The zero-order valence-electron chi connectivity index (χ0n) is 11.6. The molecule has 2 N–H and O–H groups in total. The van der Waals surface area contributed by atoms with Crippen molar-refractivity contribution in [3.05, 3.63) is 5.89 Å². The van der Waals surface area contributed by atoms with Gasteiger partial charge in [0.15, 0.2) is 0 Å². The second-order valence-electron chi connectivity index (χ2n) is 5.99. The van der Waals surface area contributed by atoms with Crippen molar-refractivity contribution in [2.24, 2.45) is 5.73 Å². The Bertz CT molecular complexity index is 403. The monoisotopic (exact) mass is 264 g/mol. The van der Waals surface area contributed by atoms with Crippen molar-refractivity contribution in [2.75, 3.05) is 24.5 Å². The van der Waals surface area contributed by atoms with Crippen LogP contribution in [0.4, 0.5) is 5.95 Å². The zero-order chi connectivity index (χ0) is 13.1. The summed E-state index contributed by atoms with van der Waals surface area (Å²) < 4.78 is 5.55. The minimum atomic E-state index is -0.0445. The average molecular weight is 264 g/mol. The van der Waals surface area contributed by atoms with Gasteiger partial charge in [0.2, 0.25) is 5.89 Å². The van der Waals surface area contributed by atoms with Crippen molar-refractivity contribution >= 4 is 5.95 Å². The summed E-state index contributed by atoms with van der Waals surface area (Å²) in [6, 6.07) is 0. The molecule has 1 saturated heterocycles. The third-order valence-corrected chi connectivity index (χ3v) is 4.71. The number of aromatic nitrogens is 2. The molecule has 0 amide bonds. The topological polar surface area (TPSA) is 68.2 Å². The molecule has 0 bridgehead atoms. The van der Waals surface area contributed by atoms with Gasteiger partial charge in [0.05, 0.1) is 5.41 Å². The molecule has 19 heavy (non-hydrogen) atoms. The fraction of sp³-hybridized carbons (Fsp3) is 0.857. The molecule has 5 heteroatoms. The van der Waals surface area contributed by atoms with Gasteiger partial charge in [-0.3, -0.25) is 0 Å². The van der Waals surface area contributed by atoms with Gasteiger partial charge in [-0.2, -0.15) is 4.98 Å². The normalized spacial score (nSPS) is 23.5. The Morgan fingerprint density at radius 2 is 1.74 bits per heavy atom. The van der Waals surface area contributed by atoms with Gasteiger partial charge in [0.1, 0.15) is 0 Å². The van der Waals surface area contributed by atoms with E-state index >= 15 is 0 Å². The Balaban J connectivity index is 1.78. The lowest BCUT2D eigenvalue weighted by atomic mass is 9.86. The zero-order valence-corrected chi connectivity index (χ0v) is 11.6. The molecule has 0 unspecified atom stereocenters. The standard InChI is InChI=1S/C14H24N4O/c15-11-14(7-3-4-8-14)12-16-13(17-19-12)18-9-5-1-2-6-10-18/h1-11,15H2. The Labute approximate surface area is 114 Å². The fourth-order valence-electron chi connectivity index (χ4n) is 3.39. The van der Waals surface area contributed by atoms with Crippen LogP contribution in [0, 0.1) is 0 Å². The van der Waals surface area contributed by atoms with Crippen LogP contribution in [0.2, 0.25) is 0 Å². The van der Waals surface area contributed by atoms with Gasteiger partial charge in [-0.25, -0.2) is 0 Å². The van der Waals surface area contributed by atoms with Crippen molar-refractivity contribution in [3.63, 3.8) is 0 Å². The van der Waals surface area contributed by atoms with Crippen molar-refractivity contribution < 1.29 is 4.52 Å². The molecule has 106 valence electrons. The largest absolute Gasteiger partial charge is 0.338 e. The summed E-state index contributed by atoms with van der Waals surface area (Å²) in [5, 5.41) is 4.20. The highest BCUT2D eigenvalue weighted by molar-refractivity contribution is 5.29. The molecule has 1 saturated carbocycles. The van der Waals surface area contributed by atoms with Crippen LogP contribution in [-0.2, 0) is 5.41 Å². The second-order valence-corrected chi connectivity index (χ2v) is 5.99. The van der Waals surface area contributed by atoms with Gasteiger partial charge in [0.25, 0.3) is 5.95 Å². The number of anilines is 1. The molecule has 2 fully saturated rings. The Morgan fingerprint density at radius 1 is 1.05 bits per heavy atom. The van der Waals surface area contributed by atoms with Gasteiger partial charge >= 0.3 is 0 Å². The van der Waals surface area contributed by atoms with E-state index in [-0.39, 0.29) is 5.41 Å². The van der Waals surface area contributed by atoms with Crippen molar-refractivity contribution in [3.8, 4) is 0 Å². The van der Waals surface area contributed by atoms with E-state index in [1.54, 1.807) is 0 Å². The molecular formula is C14H24N4O. The number of nitrogens with two attached hydrogens (primary N) is 1. The lowest BCUT2D eigenvalue weighted by Crippen LogP contribution is -2.32. The average Bonchev–Trinajstić information content (AvgIpc) is 3.03. The molecule has 1 aliphatic carbocycles. The molecule has 5 nitrogen and oxygen atoms in total. The predicted molar refractivity (Wildman–Crippen MR) is 74.2 cm³/mol. The third kappa shape index (κ3) is 2.48. The summed E-state index contributed by atoms with van der Waals surface area (Å²) >= 11 is 0. The first kappa shape index (κ1) is 12.9. The maximum Gasteiger partial charge on any atom is 0.266 e. The summed E-state index contributed by atoms with van der Waals surface area (Å²) in [5.41, 5.74) is 5.93. The number of rotatable bonds is 3. The van der Waals surface area contributed by atoms with E-state index in [4.69, 9.17) is 10.3 Å². The molecule has 0 atom stereocenters. The first-order chi connectivity index (χ1) is 9.34. The summed E-state index contributed by atoms with van der Waals surface area (Å²) in [6.45, 7) is 2.72. The SMILES string of the molecule is NCC1(c2nc(N3CCCCCC3)no2)CCCC1. The fourth-order valence-corrected chi connectivity index (χ4v) is 3.39. The Kier molecular flexibility index (Phi) is 3.73. The van der Waals surface area contributed by atoms with Crippen LogP contribution < -0.4 is 10.6 Å². The van der Waals surface area contributed by atoms with Crippen LogP contribution >= 0.6 is 0 Å². The van der Waals surface area contributed by atoms with Gasteiger partial charge in [-0.05, 0) is 30.8 Å². The maximum absolute atomic E-state index is 5.97. The van der Waals surface area contributed by atoms with Crippen molar-refractivity contribution in [1.82, 2.24) is 10.1 Å². The molecule has 0 aromatic carbocycles. The quantitative estimate of drug-likeness (QED) is 0.906. The van der Waals surface area contributed by atoms with E-state index in [9.17, 15) is 0 Å². The van der Waals surface area contributed by atoms with Gasteiger partial charge in [0, 0.05) is 19.6 Å². The highest BCUT2D eigenvalue weighted by Gasteiger charge is 2.40. The number of hydrogen-bond acceptors (Lipinski definition) is 5. The molecule has 1 aromatic heterocycles. The van der Waals surface area contributed by atoms with Crippen molar-refractivity contribution in [1.29, 1.82) is 0 Å². The molecule has 1 aliphatic heterocycles. The minimum Gasteiger partial charge on any atom is -0.338 e. The predicted octanol–water partition coefficient (Wildman–Crippen LogP) is 2.22. The molecule has 0 spiro atoms. The van der Waals surface area contributed by atoms with Crippen LogP contribution in [0.25, 0.3) is 0 Å². The van der Waals surface area contributed by atoms with E-state index in [0.29, 0.717) is 6.54 Å². The summed E-state index contributed by atoms with van der Waals surface area (Å²) in [4.78, 5) is 6.93. The lowest BCUT2D eigenvalue weighted by molar-refractivity contribution is 0.284. The second kappa shape index (κ2) is 5.49. The van der Waals surface area contributed by atoms with Crippen molar-refractivity contribution in [2.45, 2.75) is 56.8 Å². The van der Waals surface area contributed by atoms with Crippen LogP contribution in [0.3, 0.4) is 0 Å². The number of nitrogens with zero attached hydrogens (tertiary/aromatic N) is 3. The van der Waals surface area contributed by atoms with Crippen LogP contribution in [-0.4, -0.2) is 29.8 Å². The summed E-state index contributed by atoms with van der Waals surface area (Å²) in [6.07, 6.45) is 9.70. The van der Waals surface area contributed by atoms with Crippen LogP contribution in [0.15, 0.2) is 4.52 Å². The molecule has 1 aromatic rings. The van der Waals surface area contributed by atoms with E-state index in [1.807, 2.05) is 0 Å². The molecule has 3 rings (SSSR count). The molecular weight excluding hydrogens is 240 g/mol. The van der Waals surface area contributed by atoms with Gasteiger partial charge in [-0.15, -0.1) is 0 Å². The minimum absolute atomic E-state index is 0.0445. The summed E-state index contributed by atoms with van der Waals surface area (Å²) in [7, 11) is 0. The maximum atomic E-state index is 5.97. The highest BCUT2D eigenvalue weighted by atomic mass is 16.5. The highest BCUT2D eigenvalue weighted by Crippen LogP contribution is 2.39. The van der Waals surface area contributed by atoms with E-state index in [0.717, 1.165) is 37.8 Å². The van der Waals surface area contributed by atoms with Gasteiger partial charge < -0.3 is 15.2 Å². The van der Waals surface area contributed by atoms with Crippen LogP contribution in [0.5, 0.6) is 0 Å². The van der Waals surface area contributed by atoms with Crippen LogP contribution in [0.1, 0.15) is 57.3 Å². The molecule has 2 heterocycles. The lowest BCUT2D eigenvalue weighted by Gasteiger charge is -2.22. The van der Waals surface area contributed by atoms with E-state index in [2.05, 4.69) is 15.0 Å². The summed E-state index contributed by atoms with van der Waals surface area (Å²) in [5.74, 6) is 1.54. The third-order valence-electron chi connectivity index (χ3n) is 4.71.